The van der Waals surface area contributed by atoms with E-state index in [1.165, 1.54) is 11.8 Å². The van der Waals surface area contributed by atoms with Gasteiger partial charge in [0.05, 0.1) is 37.2 Å². The lowest BCUT2D eigenvalue weighted by Crippen LogP contribution is -2.75. The molecule has 0 radical (unpaired) electrons. The fourth-order valence-electron chi connectivity index (χ4n) is 7.06. The van der Waals surface area contributed by atoms with Crippen molar-refractivity contribution in [2.45, 2.75) is 186 Å². The summed E-state index contributed by atoms with van der Waals surface area (Å²) in [5.41, 5.74) is -3.17. The smallest absolute Gasteiger partial charge is 0.412 e. The Kier molecular flexibility index (Phi) is 11.9. The highest BCUT2D eigenvalue weighted by molar-refractivity contribution is 7.91. The molecule has 0 bridgehead atoms. The summed E-state index contributed by atoms with van der Waals surface area (Å²) >= 11 is 0. The number of amides is 2. The molecule has 0 unspecified atom stereocenters. The van der Waals surface area contributed by atoms with E-state index in [1.54, 1.807) is 34.6 Å². The molecule has 0 spiro atoms. The second kappa shape index (κ2) is 13.7. The van der Waals surface area contributed by atoms with E-state index in [4.69, 9.17) is 27.5 Å². The van der Waals surface area contributed by atoms with E-state index in [0.29, 0.717) is 0 Å². The monoisotopic (exact) mass is 750 g/mol. The van der Waals surface area contributed by atoms with Crippen LogP contribution < -0.4 is 5.32 Å². The van der Waals surface area contributed by atoms with Gasteiger partial charge in [-0.25, -0.2) is 13.2 Å². The molecule has 0 aliphatic carbocycles. The van der Waals surface area contributed by atoms with Crippen LogP contribution in [0.1, 0.15) is 110 Å². The molecule has 1 N–H and O–H groups in total. The lowest BCUT2D eigenvalue weighted by atomic mass is 9.98. The van der Waals surface area contributed by atoms with Crippen molar-refractivity contribution in [3.05, 3.63) is 0 Å². The molecule has 6 atom stereocenters. The fourth-order valence-corrected chi connectivity index (χ4v) is 15.2. The van der Waals surface area contributed by atoms with Crippen molar-refractivity contribution in [1.82, 2.24) is 10.2 Å². The molecule has 3 fully saturated rings. The summed E-state index contributed by atoms with van der Waals surface area (Å²) in [6.07, 6.45) is -2.75. The number of fused-ring (bicyclic) bond motifs is 1. The van der Waals surface area contributed by atoms with Crippen LogP contribution in [-0.2, 0) is 42.1 Å². The maximum absolute atomic E-state index is 14.5. The molecule has 3 rings (SSSR count). The molecule has 286 valence electrons. The van der Waals surface area contributed by atoms with Crippen LogP contribution in [0.15, 0.2) is 0 Å². The van der Waals surface area contributed by atoms with Gasteiger partial charge in [-0.2, -0.15) is 0 Å². The van der Waals surface area contributed by atoms with E-state index in [-0.39, 0.29) is 40.5 Å². The van der Waals surface area contributed by atoms with Crippen molar-refractivity contribution in [2.75, 3.05) is 19.0 Å². The zero-order valence-electron chi connectivity index (χ0n) is 33.2. The summed E-state index contributed by atoms with van der Waals surface area (Å²) in [5.74, 6) is -0.730. The summed E-state index contributed by atoms with van der Waals surface area (Å²) in [7, 11) is -9.70. The lowest BCUT2D eigenvalue weighted by molar-refractivity contribution is -0.193. The highest BCUT2D eigenvalue weighted by Crippen LogP contribution is 2.56. The first kappa shape index (κ1) is 42.3. The molecule has 15 heteroatoms. The van der Waals surface area contributed by atoms with Crippen molar-refractivity contribution < 1.29 is 45.5 Å². The van der Waals surface area contributed by atoms with Gasteiger partial charge in [0.2, 0.25) is 5.91 Å². The quantitative estimate of drug-likeness (QED) is 0.298. The second-order valence-electron chi connectivity index (χ2n) is 19.0. The standard InChI is InChI=1S/C34H66N2O10SSi2/c1-22(37)35-25-27(45-48(16,17)31(5,6)7)26-24(21-42-49(46-26,32(8,9)10)33(11,12)13)43-28(25)47(39,40)19-18-23-20-41-34(14,15)36(23)29(38)44-30(2,3)4/h23-28H,18-21H2,1-17H3,(H,35,37)/t23-,24+,25+,26+,27+,28-/m0/s1. The van der Waals surface area contributed by atoms with E-state index in [9.17, 15) is 18.0 Å². The van der Waals surface area contributed by atoms with E-state index < -0.39 is 85.9 Å². The van der Waals surface area contributed by atoms with Crippen molar-refractivity contribution >= 4 is 38.7 Å². The topological polar surface area (TPSA) is 139 Å². The first-order valence-corrected chi connectivity index (χ1v) is 24.0. The molecule has 0 aromatic carbocycles. The number of carbonyl (C=O) groups excluding carboxylic acids is 2. The largest absolute Gasteiger partial charge is 0.444 e. The van der Waals surface area contributed by atoms with Crippen molar-refractivity contribution in [3.63, 3.8) is 0 Å². The average molecular weight is 751 g/mol. The molecule has 49 heavy (non-hydrogen) atoms. The van der Waals surface area contributed by atoms with Gasteiger partial charge in [-0.1, -0.05) is 62.3 Å². The fraction of sp³-hybridized carbons (Fsp3) is 0.941. The van der Waals surface area contributed by atoms with E-state index in [1.807, 2.05) is 0 Å². The summed E-state index contributed by atoms with van der Waals surface area (Å²) < 4.78 is 68.0. The molecule has 0 aromatic rings. The average Bonchev–Trinajstić information content (AvgIpc) is 3.19. The maximum Gasteiger partial charge on any atom is 0.412 e. The summed E-state index contributed by atoms with van der Waals surface area (Å²) in [4.78, 5) is 27.6. The van der Waals surface area contributed by atoms with Gasteiger partial charge < -0.3 is 32.8 Å². The number of rotatable bonds is 7. The predicted molar refractivity (Wildman–Crippen MR) is 195 cm³/mol. The van der Waals surface area contributed by atoms with Crippen LogP contribution in [0.25, 0.3) is 0 Å². The third-order valence-corrected chi connectivity index (χ3v) is 21.8. The molecular formula is C34H66N2O10SSi2. The van der Waals surface area contributed by atoms with Gasteiger partial charge >= 0.3 is 14.7 Å². The Labute approximate surface area is 298 Å². The highest BCUT2D eigenvalue weighted by Gasteiger charge is 2.66. The predicted octanol–water partition coefficient (Wildman–Crippen LogP) is 6.24. The summed E-state index contributed by atoms with van der Waals surface area (Å²) in [6, 6.07) is -1.61. The third-order valence-electron chi connectivity index (χ3n) is 10.2. The van der Waals surface area contributed by atoms with Gasteiger partial charge in [-0.05, 0) is 59.2 Å². The Bertz CT molecular complexity index is 1310. The number of nitrogens with zero attached hydrogens (tertiary/aromatic N) is 1. The minimum atomic E-state index is -4.08. The molecule has 3 saturated heterocycles. The molecule has 3 aliphatic rings. The van der Waals surface area contributed by atoms with Crippen LogP contribution in [0.5, 0.6) is 0 Å². The van der Waals surface area contributed by atoms with Crippen LogP contribution in [0.3, 0.4) is 0 Å². The van der Waals surface area contributed by atoms with Crippen LogP contribution >= 0.6 is 0 Å². The van der Waals surface area contributed by atoms with Crippen LogP contribution in [0, 0.1) is 0 Å². The summed E-state index contributed by atoms with van der Waals surface area (Å²) in [5, 5.41) is 2.02. The normalized spacial score (nSPS) is 29.7. The zero-order chi connectivity index (χ0) is 38.0. The van der Waals surface area contributed by atoms with Crippen LogP contribution in [-0.4, -0.2) is 108 Å². The van der Waals surface area contributed by atoms with Gasteiger partial charge in [0.25, 0.3) is 0 Å². The van der Waals surface area contributed by atoms with Gasteiger partial charge in [-0.15, -0.1) is 0 Å². The summed E-state index contributed by atoms with van der Waals surface area (Å²) in [6.45, 7) is 33.8. The molecule has 3 heterocycles. The first-order valence-electron chi connectivity index (χ1n) is 17.6. The van der Waals surface area contributed by atoms with E-state index in [0.717, 1.165) is 0 Å². The number of carbonyl (C=O) groups is 2. The number of hydrogen-bond donors (Lipinski definition) is 1. The minimum Gasteiger partial charge on any atom is -0.444 e. The number of sulfone groups is 1. The Hall–Kier alpha value is -1.08. The van der Waals surface area contributed by atoms with Crippen LogP contribution in [0.2, 0.25) is 28.2 Å². The lowest BCUT2D eigenvalue weighted by Gasteiger charge is -2.59. The van der Waals surface area contributed by atoms with Crippen molar-refractivity contribution in [1.29, 1.82) is 0 Å². The molecule has 0 saturated carbocycles. The third kappa shape index (κ3) is 8.94. The molecular weight excluding hydrogens is 685 g/mol. The maximum atomic E-state index is 14.5. The molecule has 0 aromatic heterocycles. The SMILES string of the molecule is CC(=O)N[C@@H]1[C@@H](O[Si](C)(C)C(C)(C)C)[C@@H]2O[Si](C(C)(C)C)(C(C)(C)C)OC[C@H]2O[C@H]1S(=O)(=O)CC[C@H]1COC(C)(C)N1C(=O)OC(C)(C)C. The Morgan fingerprint density at radius 3 is 1.98 bits per heavy atom. The van der Waals surface area contributed by atoms with Gasteiger partial charge in [0.1, 0.15) is 23.5 Å². The number of hydrogen-bond acceptors (Lipinski definition) is 10. The number of ether oxygens (including phenoxy) is 3. The molecule has 3 aliphatic heterocycles. The Morgan fingerprint density at radius 1 is 0.959 bits per heavy atom. The highest BCUT2D eigenvalue weighted by atomic mass is 32.2. The van der Waals surface area contributed by atoms with Gasteiger partial charge in [-0.3, -0.25) is 9.69 Å². The molecule has 12 nitrogen and oxygen atoms in total. The number of nitrogens with one attached hydrogen (secondary N) is 1. The van der Waals surface area contributed by atoms with E-state index >= 15 is 0 Å². The Balaban J connectivity index is 2.06. The van der Waals surface area contributed by atoms with Crippen LogP contribution in [0.4, 0.5) is 4.79 Å². The Morgan fingerprint density at radius 2 is 1.51 bits per heavy atom. The van der Waals surface area contributed by atoms with Gasteiger partial charge in [0, 0.05) is 17.0 Å². The van der Waals surface area contributed by atoms with Crippen molar-refractivity contribution in [3.8, 4) is 0 Å². The van der Waals surface area contributed by atoms with Crippen molar-refractivity contribution in [2.24, 2.45) is 0 Å². The zero-order valence-corrected chi connectivity index (χ0v) is 36.0. The second-order valence-corrected chi connectivity index (χ2v) is 30.8. The molecule has 2 amide bonds. The van der Waals surface area contributed by atoms with Gasteiger partial charge in [0.15, 0.2) is 23.6 Å². The first-order chi connectivity index (χ1) is 21.8. The van der Waals surface area contributed by atoms with E-state index in [2.05, 4.69) is 80.7 Å². The minimum absolute atomic E-state index is 0.0799.